The molecular weight excluding hydrogens is 384 g/mol. The third kappa shape index (κ3) is 4.87. The zero-order chi connectivity index (χ0) is 21.7. The van der Waals surface area contributed by atoms with Crippen LogP contribution in [0.2, 0.25) is 0 Å². The van der Waals surface area contributed by atoms with Crippen molar-refractivity contribution in [2.24, 2.45) is 5.92 Å². The van der Waals surface area contributed by atoms with E-state index in [0.717, 1.165) is 5.56 Å². The van der Waals surface area contributed by atoms with Gasteiger partial charge in [-0.25, -0.2) is 4.98 Å². The molecule has 2 aromatic heterocycles. The van der Waals surface area contributed by atoms with Crippen molar-refractivity contribution in [1.29, 1.82) is 0 Å². The van der Waals surface area contributed by atoms with Crippen LogP contribution in [-0.4, -0.2) is 37.6 Å². The molecule has 30 heavy (non-hydrogen) atoms. The largest absolute Gasteiger partial charge is 0.394 e. The van der Waals surface area contributed by atoms with Gasteiger partial charge in [0.05, 0.1) is 28.8 Å². The van der Waals surface area contributed by atoms with E-state index in [4.69, 9.17) is 0 Å². The maximum Gasteiger partial charge on any atom is 0.274 e. The van der Waals surface area contributed by atoms with Gasteiger partial charge in [0.15, 0.2) is 0 Å². The van der Waals surface area contributed by atoms with E-state index in [1.807, 2.05) is 26.0 Å². The van der Waals surface area contributed by atoms with Crippen LogP contribution < -0.4 is 10.6 Å². The summed E-state index contributed by atoms with van der Waals surface area (Å²) in [6, 6.07) is 10.1. The normalized spacial score (nSPS) is 11.9. The number of aliphatic hydroxyl groups is 1. The van der Waals surface area contributed by atoms with Gasteiger partial charge in [-0.05, 0) is 31.0 Å². The fourth-order valence-corrected chi connectivity index (χ4v) is 2.92. The molecule has 0 aliphatic heterocycles. The van der Waals surface area contributed by atoms with Crippen LogP contribution in [-0.2, 0) is 0 Å². The number of pyridine rings is 1. The Labute approximate surface area is 174 Å². The highest BCUT2D eigenvalue weighted by Crippen LogP contribution is 2.29. The quantitative estimate of drug-likeness (QED) is 0.378. The maximum atomic E-state index is 11.2. The number of hydrogen-bond donors (Lipinski definition) is 3. The van der Waals surface area contributed by atoms with E-state index in [0.29, 0.717) is 28.7 Å². The number of aromatic nitrogens is 3. The summed E-state index contributed by atoms with van der Waals surface area (Å²) in [6.07, 6.45) is 3.37. The summed E-state index contributed by atoms with van der Waals surface area (Å²) < 4.78 is 0. The first kappa shape index (κ1) is 21.1. The maximum absolute atomic E-state index is 11.2. The molecule has 0 spiro atoms. The van der Waals surface area contributed by atoms with Crippen LogP contribution in [0.25, 0.3) is 11.3 Å². The molecule has 0 bridgehead atoms. The van der Waals surface area contributed by atoms with Gasteiger partial charge in [-0.15, -0.1) is 0 Å². The fraction of sp³-hybridized carbons (Fsp3) is 0.286. The van der Waals surface area contributed by atoms with Crippen molar-refractivity contribution in [2.75, 3.05) is 17.2 Å². The summed E-state index contributed by atoms with van der Waals surface area (Å²) in [4.78, 5) is 24.0. The first-order valence-corrected chi connectivity index (χ1v) is 9.57. The van der Waals surface area contributed by atoms with Gasteiger partial charge >= 0.3 is 0 Å². The van der Waals surface area contributed by atoms with Crippen LogP contribution in [0.5, 0.6) is 0 Å². The molecule has 0 radical (unpaired) electrons. The summed E-state index contributed by atoms with van der Waals surface area (Å²) in [5.41, 5.74) is 2.54. The van der Waals surface area contributed by atoms with E-state index in [-0.39, 0.29) is 24.3 Å². The summed E-state index contributed by atoms with van der Waals surface area (Å²) in [5, 5.41) is 27.2. The topological polar surface area (TPSA) is 126 Å². The summed E-state index contributed by atoms with van der Waals surface area (Å²) in [5.74, 6) is 0.973. The molecule has 0 amide bonds. The number of nitrogens with zero attached hydrogens (tertiary/aromatic N) is 4. The predicted octanol–water partition coefficient (Wildman–Crippen LogP) is 3.93. The van der Waals surface area contributed by atoms with E-state index in [1.165, 1.54) is 6.07 Å². The van der Waals surface area contributed by atoms with Crippen molar-refractivity contribution in [3.05, 3.63) is 64.5 Å². The highest BCUT2D eigenvalue weighted by molar-refractivity contribution is 5.70. The monoisotopic (exact) mass is 408 g/mol. The average Bonchev–Trinajstić information content (AvgIpc) is 2.73. The van der Waals surface area contributed by atoms with Crippen molar-refractivity contribution >= 4 is 23.1 Å². The molecule has 3 aromatic rings. The van der Waals surface area contributed by atoms with Gasteiger partial charge in [0.1, 0.15) is 5.82 Å². The zero-order valence-corrected chi connectivity index (χ0v) is 17.0. The minimum absolute atomic E-state index is 0.0278. The molecule has 9 nitrogen and oxygen atoms in total. The molecule has 0 aliphatic carbocycles. The van der Waals surface area contributed by atoms with Gasteiger partial charge in [0.25, 0.3) is 5.69 Å². The molecule has 2 heterocycles. The highest BCUT2D eigenvalue weighted by atomic mass is 16.6. The second-order valence-corrected chi connectivity index (χ2v) is 7.21. The average molecular weight is 408 g/mol. The molecule has 0 unspecified atom stereocenters. The second kappa shape index (κ2) is 9.27. The number of nitrogens with one attached hydrogen (secondary N) is 2. The zero-order valence-electron chi connectivity index (χ0n) is 17.0. The number of benzene rings is 1. The van der Waals surface area contributed by atoms with Gasteiger partial charge in [0.2, 0.25) is 5.95 Å². The lowest BCUT2D eigenvalue weighted by atomic mass is 10.1. The fourth-order valence-electron chi connectivity index (χ4n) is 2.92. The first-order chi connectivity index (χ1) is 14.4. The van der Waals surface area contributed by atoms with Gasteiger partial charge < -0.3 is 15.7 Å². The summed E-state index contributed by atoms with van der Waals surface area (Å²) in [6.45, 7) is 5.60. The van der Waals surface area contributed by atoms with E-state index in [2.05, 4.69) is 25.6 Å². The minimum Gasteiger partial charge on any atom is -0.394 e. The van der Waals surface area contributed by atoms with Crippen molar-refractivity contribution in [2.45, 2.75) is 26.8 Å². The Kier molecular flexibility index (Phi) is 6.53. The number of anilines is 3. The molecule has 3 N–H and O–H groups in total. The number of rotatable bonds is 8. The Balaban J connectivity index is 2.02. The molecular formula is C21H24N6O3. The van der Waals surface area contributed by atoms with Crippen LogP contribution in [0.4, 0.5) is 23.1 Å². The minimum atomic E-state index is -0.414. The van der Waals surface area contributed by atoms with Gasteiger partial charge in [-0.2, -0.15) is 4.98 Å². The molecule has 9 heteroatoms. The molecule has 1 atom stereocenters. The molecule has 0 fully saturated rings. The molecule has 0 saturated carbocycles. The van der Waals surface area contributed by atoms with Crippen molar-refractivity contribution in [3.63, 3.8) is 0 Å². The van der Waals surface area contributed by atoms with Crippen molar-refractivity contribution < 1.29 is 10.0 Å². The van der Waals surface area contributed by atoms with Gasteiger partial charge in [-0.3, -0.25) is 15.1 Å². The van der Waals surface area contributed by atoms with Gasteiger partial charge in [-0.1, -0.05) is 19.9 Å². The number of nitro benzene ring substituents is 1. The number of aliphatic hydroxyl groups excluding tert-OH is 1. The molecule has 0 aliphatic rings. The van der Waals surface area contributed by atoms with Crippen LogP contribution in [0.15, 0.2) is 48.8 Å². The van der Waals surface area contributed by atoms with E-state index >= 15 is 0 Å². The molecule has 0 saturated heterocycles. The van der Waals surface area contributed by atoms with E-state index in [9.17, 15) is 15.2 Å². The van der Waals surface area contributed by atoms with Crippen LogP contribution in [0, 0.1) is 23.0 Å². The Morgan fingerprint density at radius 1 is 1.20 bits per heavy atom. The van der Waals surface area contributed by atoms with Crippen molar-refractivity contribution in [3.8, 4) is 11.3 Å². The highest BCUT2D eigenvalue weighted by Gasteiger charge is 2.17. The Bertz CT molecular complexity index is 1030. The first-order valence-electron chi connectivity index (χ1n) is 9.57. The molecule has 1 aromatic carbocycles. The van der Waals surface area contributed by atoms with Crippen molar-refractivity contribution in [1.82, 2.24) is 15.0 Å². The third-order valence-corrected chi connectivity index (χ3v) is 4.76. The van der Waals surface area contributed by atoms with E-state index in [1.54, 1.807) is 37.5 Å². The Morgan fingerprint density at radius 3 is 2.63 bits per heavy atom. The lowest BCUT2D eigenvalue weighted by Crippen LogP contribution is -2.30. The standard InChI is InChI=1S/C21H24N6O3/c1-13(2)18(12-28)25-21-24-17(15-6-5-9-22-11-15)10-20(26-21)23-16-7-4-8-19(14(16)3)27(29)30/h4-11,13,18,28H,12H2,1-3H3,(H2,23,24,25,26)/t18-/m1/s1. The smallest absolute Gasteiger partial charge is 0.274 e. The lowest BCUT2D eigenvalue weighted by Gasteiger charge is -2.21. The lowest BCUT2D eigenvalue weighted by molar-refractivity contribution is -0.385. The third-order valence-electron chi connectivity index (χ3n) is 4.76. The Hall–Kier alpha value is -3.59. The number of nitro groups is 1. The van der Waals surface area contributed by atoms with Crippen LogP contribution >= 0.6 is 0 Å². The van der Waals surface area contributed by atoms with Gasteiger partial charge in [0, 0.05) is 35.8 Å². The van der Waals surface area contributed by atoms with E-state index < -0.39 is 4.92 Å². The number of hydrogen-bond acceptors (Lipinski definition) is 8. The van der Waals surface area contributed by atoms with Crippen LogP contribution in [0.1, 0.15) is 19.4 Å². The summed E-state index contributed by atoms with van der Waals surface area (Å²) >= 11 is 0. The second-order valence-electron chi connectivity index (χ2n) is 7.21. The summed E-state index contributed by atoms with van der Waals surface area (Å²) in [7, 11) is 0. The molecule has 156 valence electrons. The molecule has 3 rings (SSSR count). The van der Waals surface area contributed by atoms with Crippen LogP contribution in [0.3, 0.4) is 0 Å². The SMILES string of the molecule is Cc1c(Nc2cc(-c3cccnc3)nc(N[C@H](CO)C(C)C)n2)cccc1[N+](=O)[O-]. The Morgan fingerprint density at radius 2 is 2.00 bits per heavy atom. The predicted molar refractivity (Wildman–Crippen MR) is 116 cm³/mol.